The van der Waals surface area contributed by atoms with Crippen LogP contribution in [0.15, 0.2) is 16.9 Å². The fraction of sp³-hybridized carbons (Fsp3) is 0.444. The standard InChI is InChI=1S/C18H24N2O5/c1-4-5-6-7-8-19-17(22)15-16(21)11-9-13(24-2)14(25-3)10-12(11)20-18(15)23/h9-10H,4-8H2,1-3H3,(H,19,22)(H2,20,21,23). The molecule has 0 aliphatic carbocycles. The highest BCUT2D eigenvalue weighted by Crippen LogP contribution is 2.35. The van der Waals surface area contributed by atoms with Crippen LogP contribution in [0.5, 0.6) is 17.2 Å². The van der Waals surface area contributed by atoms with Crippen LogP contribution in [0.25, 0.3) is 10.9 Å². The molecule has 0 bridgehead atoms. The molecule has 1 aromatic carbocycles. The van der Waals surface area contributed by atoms with Gasteiger partial charge in [-0.3, -0.25) is 9.59 Å². The topological polar surface area (TPSA) is 101 Å². The molecule has 1 aromatic heterocycles. The van der Waals surface area contributed by atoms with Crippen LogP contribution in [0.2, 0.25) is 0 Å². The van der Waals surface area contributed by atoms with Crippen LogP contribution in [-0.2, 0) is 0 Å². The van der Waals surface area contributed by atoms with Crippen molar-refractivity contribution in [3.05, 3.63) is 28.0 Å². The molecule has 0 atom stereocenters. The van der Waals surface area contributed by atoms with Gasteiger partial charge in [0.05, 0.1) is 19.7 Å². The van der Waals surface area contributed by atoms with Crippen molar-refractivity contribution in [3.63, 3.8) is 0 Å². The van der Waals surface area contributed by atoms with Gasteiger partial charge in [0, 0.05) is 18.0 Å². The van der Waals surface area contributed by atoms with Gasteiger partial charge < -0.3 is 24.9 Å². The van der Waals surface area contributed by atoms with Gasteiger partial charge in [-0.1, -0.05) is 26.2 Å². The molecular weight excluding hydrogens is 324 g/mol. The largest absolute Gasteiger partial charge is 0.506 e. The summed E-state index contributed by atoms with van der Waals surface area (Å²) in [6.07, 6.45) is 4.04. The van der Waals surface area contributed by atoms with Crippen molar-refractivity contribution in [2.45, 2.75) is 32.6 Å². The van der Waals surface area contributed by atoms with Gasteiger partial charge in [0.1, 0.15) is 11.3 Å². The molecule has 0 radical (unpaired) electrons. The van der Waals surface area contributed by atoms with E-state index in [9.17, 15) is 14.7 Å². The van der Waals surface area contributed by atoms with Gasteiger partial charge in [0.15, 0.2) is 11.5 Å². The second kappa shape index (κ2) is 8.41. The predicted octanol–water partition coefficient (Wildman–Crippen LogP) is 2.56. The van der Waals surface area contributed by atoms with Gasteiger partial charge in [-0.05, 0) is 12.5 Å². The summed E-state index contributed by atoms with van der Waals surface area (Å²) in [6, 6.07) is 3.07. The Balaban J connectivity index is 2.34. The minimum atomic E-state index is -0.650. The number of benzene rings is 1. The van der Waals surface area contributed by atoms with E-state index >= 15 is 0 Å². The molecule has 2 rings (SSSR count). The Morgan fingerprint density at radius 2 is 1.84 bits per heavy atom. The molecule has 0 aliphatic heterocycles. The number of hydrogen-bond acceptors (Lipinski definition) is 5. The van der Waals surface area contributed by atoms with E-state index in [0.29, 0.717) is 28.9 Å². The molecular formula is C18H24N2O5. The summed E-state index contributed by atoms with van der Waals surface area (Å²) < 4.78 is 10.4. The van der Waals surface area contributed by atoms with Crippen molar-refractivity contribution in [2.24, 2.45) is 0 Å². The van der Waals surface area contributed by atoms with Gasteiger partial charge in [-0.2, -0.15) is 0 Å². The molecule has 0 saturated carbocycles. The Hall–Kier alpha value is -2.70. The molecule has 7 heteroatoms. The number of rotatable bonds is 8. The van der Waals surface area contributed by atoms with Gasteiger partial charge in [0.25, 0.3) is 11.5 Å². The van der Waals surface area contributed by atoms with Crippen LogP contribution < -0.4 is 20.3 Å². The second-order valence-corrected chi connectivity index (χ2v) is 5.75. The smallest absolute Gasteiger partial charge is 0.265 e. The Kier molecular flexibility index (Phi) is 6.27. The van der Waals surface area contributed by atoms with E-state index in [1.54, 1.807) is 6.07 Å². The van der Waals surface area contributed by atoms with Crippen molar-refractivity contribution in [2.75, 3.05) is 20.8 Å². The van der Waals surface area contributed by atoms with Gasteiger partial charge in [-0.15, -0.1) is 0 Å². The molecule has 0 aliphatic rings. The molecule has 136 valence electrons. The molecule has 7 nitrogen and oxygen atoms in total. The Bertz CT molecular complexity index is 813. The minimum absolute atomic E-state index is 0.296. The summed E-state index contributed by atoms with van der Waals surface area (Å²) in [7, 11) is 2.94. The first kappa shape index (κ1) is 18.6. The fourth-order valence-electron chi connectivity index (χ4n) is 2.66. The SMILES string of the molecule is CCCCCCNC(=O)c1c(O)c2cc(OC)c(OC)cc2[nH]c1=O. The van der Waals surface area contributed by atoms with Gasteiger partial charge in [-0.25, -0.2) is 0 Å². The Morgan fingerprint density at radius 1 is 1.16 bits per heavy atom. The third-order valence-electron chi connectivity index (χ3n) is 4.03. The lowest BCUT2D eigenvalue weighted by Gasteiger charge is -2.12. The Morgan fingerprint density at radius 3 is 2.48 bits per heavy atom. The molecule has 25 heavy (non-hydrogen) atoms. The molecule has 0 unspecified atom stereocenters. The lowest BCUT2D eigenvalue weighted by Crippen LogP contribution is -2.30. The minimum Gasteiger partial charge on any atom is -0.506 e. The molecule has 3 N–H and O–H groups in total. The van der Waals surface area contributed by atoms with Crippen molar-refractivity contribution in [1.29, 1.82) is 0 Å². The highest BCUT2D eigenvalue weighted by Gasteiger charge is 2.20. The van der Waals surface area contributed by atoms with E-state index in [1.807, 2.05) is 0 Å². The predicted molar refractivity (Wildman–Crippen MR) is 95.8 cm³/mol. The van der Waals surface area contributed by atoms with Crippen LogP contribution in [0.4, 0.5) is 0 Å². The zero-order valence-corrected chi connectivity index (χ0v) is 14.8. The number of fused-ring (bicyclic) bond motifs is 1. The number of pyridine rings is 1. The first-order valence-electron chi connectivity index (χ1n) is 8.32. The number of aromatic hydroxyl groups is 1. The fourth-order valence-corrected chi connectivity index (χ4v) is 2.66. The van der Waals surface area contributed by atoms with Crippen molar-refractivity contribution in [1.82, 2.24) is 10.3 Å². The number of methoxy groups -OCH3 is 2. The highest BCUT2D eigenvalue weighted by atomic mass is 16.5. The summed E-state index contributed by atoms with van der Waals surface area (Å²) in [5.74, 6) is -0.154. The number of carbonyl (C=O) groups is 1. The van der Waals surface area contributed by atoms with Crippen molar-refractivity contribution >= 4 is 16.8 Å². The zero-order chi connectivity index (χ0) is 18.4. The normalized spacial score (nSPS) is 10.7. The van der Waals surface area contributed by atoms with Crippen LogP contribution in [0.3, 0.4) is 0 Å². The maximum atomic E-state index is 12.3. The van der Waals surface area contributed by atoms with E-state index in [-0.39, 0.29) is 11.3 Å². The van der Waals surface area contributed by atoms with Crippen LogP contribution in [0.1, 0.15) is 43.0 Å². The van der Waals surface area contributed by atoms with E-state index < -0.39 is 11.5 Å². The van der Waals surface area contributed by atoms with E-state index in [4.69, 9.17) is 9.47 Å². The second-order valence-electron chi connectivity index (χ2n) is 5.75. The summed E-state index contributed by atoms with van der Waals surface area (Å²) in [4.78, 5) is 27.1. The van der Waals surface area contributed by atoms with Crippen LogP contribution in [-0.4, -0.2) is 36.8 Å². The monoisotopic (exact) mass is 348 g/mol. The van der Waals surface area contributed by atoms with Crippen molar-refractivity contribution in [3.8, 4) is 17.2 Å². The number of amides is 1. The highest BCUT2D eigenvalue weighted by molar-refractivity contribution is 6.02. The first-order chi connectivity index (χ1) is 12.0. The lowest BCUT2D eigenvalue weighted by atomic mass is 10.1. The first-order valence-corrected chi connectivity index (χ1v) is 8.32. The summed E-state index contributed by atoms with van der Waals surface area (Å²) in [5.41, 5.74) is -0.585. The Labute approximate surface area is 146 Å². The maximum Gasteiger partial charge on any atom is 0.265 e. The number of aromatic nitrogens is 1. The van der Waals surface area contributed by atoms with Crippen LogP contribution >= 0.6 is 0 Å². The third-order valence-corrected chi connectivity index (χ3v) is 4.03. The number of aromatic amines is 1. The maximum absolute atomic E-state index is 12.3. The van der Waals surface area contributed by atoms with Crippen molar-refractivity contribution < 1.29 is 19.4 Å². The summed E-state index contributed by atoms with van der Waals surface area (Å²) in [6.45, 7) is 2.57. The van der Waals surface area contributed by atoms with E-state index in [2.05, 4.69) is 17.2 Å². The zero-order valence-electron chi connectivity index (χ0n) is 14.8. The van der Waals surface area contributed by atoms with Gasteiger partial charge in [0.2, 0.25) is 0 Å². The average Bonchev–Trinajstić information content (AvgIpc) is 2.60. The number of ether oxygens (including phenoxy) is 2. The number of nitrogens with one attached hydrogen (secondary N) is 2. The molecule has 0 fully saturated rings. The number of unbranched alkanes of at least 4 members (excludes halogenated alkanes) is 3. The number of H-pyrrole nitrogens is 1. The number of carbonyl (C=O) groups excluding carboxylic acids is 1. The molecule has 1 heterocycles. The number of hydrogen-bond donors (Lipinski definition) is 3. The molecule has 0 spiro atoms. The van der Waals surface area contributed by atoms with Crippen LogP contribution in [0, 0.1) is 0 Å². The van der Waals surface area contributed by atoms with E-state index in [0.717, 1.165) is 25.7 Å². The third kappa shape index (κ3) is 4.04. The molecule has 0 saturated heterocycles. The van der Waals surface area contributed by atoms with E-state index in [1.165, 1.54) is 20.3 Å². The average molecular weight is 348 g/mol. The molecule has 2 aromatic rings. The lowest BCUT2D eigenvalue weighted by molar-refractivity contribution is 0.0949. The van der Waals surface area contributed by atoms with Gasteiger partial charge >= 0.3 is 0 Å². The molecule has 1 amide bonds. The quantitative estimate of drug-likeness (QED) is 0.637. The summed E-state index contributed by atoms with van der Waals surface area (Å²) >= 11 is 0. The summed E-state index contributed by atoms with van der Waals surface area (Å²) in [5, 5.41) is 13.4.